The third kappa shape index (κ3) is 3.46. The number of hydrogen-bond acceptors (Lipinski definition) is 1. The average molecular weight is 139 g/mol. The van der Waals surface area contributed by atoms with Crippen LogP contribution in [-0.2, 0) is 0 Å². The largest absolute Gasteiger partial charge is 0.310 e. The Kier molecular flexibility index (Phi) is 4.95. The van der Waals surface area contributed by atoms with Crippen LogP contribution in [0.1, 0.15) is 20.8 Å². The van der Waals surface area contributed by atoms with Gasteiger partial charge in [-0.05, 0) is 26.0 Å². The fourth-order valence-corrected chi connectivity index (χ4v) is 0.796. The zero-order valence-electron chi connectivity index (χ0n) is 7.15. The average Bonchev–Trinajstić information content (AvgIpc) is 1.89. The lowest BCUT2D eigenvalue weighted by atomic mass is 10.1. The van der Waals surface area contributed by atoms with E-state index >= 15 is 0 Å². The van der Waals surface area contributed by atoms with E-state index in [0.29, 0.717) is 6.04 Å². The van der Waals surface area contributed by atoms with E-state index in [1.54, 1.807) is 0 Å². The fraction of sp³-hybridized carbons (Fsp3) is 0.556. The molecule has 58 valence electrons. The third-order valence-corrected chi connectivity index (χ3v) is 1.45. The summed E-state index contributed by atoms with van der Waals surface area (Å²) in [7, 11) is 0. The second kappa shape index (κ2) is 5.24. The summed E-state index contributed by atoms with van der Waals surface area (Å²) >= 11 is 0. The van der Waals surface area contributed by atoms with Crippen molar-refractivity contribution in [3.8, 4) is 0 Å². The van der Waals surface area contributed by atoms with Gasteiger partial charge < -0.3 is 5.32 Å². The zero-order chi connectivity index (χ0) is 7.98. The summed E-state index contributed by atoms with van der Waals surface area (Å²) in [6, 6.07) is 0.404. The van der Waals surface area contributed by atoms with E-state index in [1.807, 2.05) is 19.1 Å². The molecule has 0 heterocycles. The standard InChI is InChI=1S/C9H17N/c1-5-7-8(3)9(4)10-6-2/h5,7,9-10H,3,6H2,1-2,4H3. The van der Waals surface area contributed by atoms with E-state index in [0.717, 1.165) is 12.1 Å². The molecular weight excluding hydrogens is 122 g/mol. The number of hydrogen-bond donors (Lipinski definition) is 1. The molecule has 1 atom stereocenters. The maximum Gasteiger partial charge on any atom is 0.0285 e. The fourth-order valence-electron chi connectivity index (χ4n) is 0.796. The van der Waals surface area contributed by atoms with Gasteiger partial charge in [0.1, 0.15) is 0 Å². The second-order valence-corrected chi connectivity index (χ2v) is 2.35. The molecule has 0 saturated carbocycles. The predicted molar refractivity (Wildman–Crippen MR) is 47.1 cm³/mol. The van der Waals surface area contributed by atoms with Crippen molar-refractivity contribution in [1.82, 2.24) is 5.32 Å². The van der Waals surface area contributed by atoms with Crippen LogP contribution in [0.15, 0.2) is 24.3 Å². The summed E-state index contributed by atoms with van der Waals surface area (Å²) in [6.07, 6.45) is 4.05. The maximum atomic E-state index is 3.91. The Morgan fingerprint density at radius 2 is 2.30 bits per heavy atom. The molecule has 0 rings (SSSR count). The molecule has 10 heavy (non-hydrogen) atoms. The SMILES string of the molecule is C=C(C=CC)C(C)NCC. The molecule has 1 unspecified atom stereocenters. The Labute approximate surface area is 63.8 Å². The molecule has 0 aliphatic carbocycles. The van der Waals surface area contributed by atoms with Gasteiger partial charge in [-0.25, -0.2) is 0 Å². The van der Waals surface area contributed by atoms with Gasteiger partial charge in [0.2, 0.25) is 0 Å². The minimum Gasteiger partial charge on any atom is -0.310 e. The monoisotopic (exact) mass is 139 g/mol. The summed E-state index contributed by atoms with van der Waals surface area (Å²) in [5, 5.41) is 3.28. The molecule has 0 bridgehead atoms. The van der Waals surface area contributed by atoms with Crippen LogP contribution in [0.3, 0.4) is 0 Å². The molecule has 0 saturated heterocycles. The van der Waals surface area contributed by atoms with Crippen LogP contribution < -0.4 is 5.32 Å². The summed E-state index contributed by atoms with van der Waals surface area (Å²) in [4.78, 5) is 0. The Morgan fingerprint density at radius 1 is 1.70 bits per heavy atom. The number of nitrogens with one attached hydrogen (secondary N) is 1. The third-order valence-electron chi connectivity index (χ3n) is 1.45. The first-order valence-corrected chi connectivity index (χ1v) is 3.77. The minimum atomic E-state index is 0.404. The summed E-state index contributed by atoms with van der Waals surface area (Å²) in [5.41, 5.74) is 1.14. The normalized spacial score (nSPS) is 13.9. The van der Waals surface area contributed by atoms with Crippen LogP contribution >= 0.6 is 0 Å². The Balaban J connectivity index is 3.70. The van der Waals surface area contributed by atoms with Crippen molar-refractivity contribution >= 4 is 0 Å². The van der Waals surface area contributed by atoms with E-state index in [1.165, 1.54) is 0 Å². The molecular formula is C9H17N. The molecule has 0 amide bonds. The zero-order valence-corrected chi connectivity index (χ0v) is 7.15. The molecule has 0 spiro atoms. The summed E-state index contributed by atoms with van der Waals surface area (Å²) < 4.78 is 0. The van der Waals surface area contributed by atoms with Crippen LogP contribution in [0.5, 0.6) is 0 Å². The molecule has 0 aromatic rings. The van der Waals surface area contributed by atoms with Gasteiger partial charge >= 0.3 is 0 Å². The van der Waals surface area contributed by atoms with Crippen LogP contribution in [0.25, 0.3) is 0 Å². The first-order valence-electron chi connectivity index (χ1n) is 3.77. The van der Waals surface area contributed by atoms with Gasteiger partial charge in [-0.1, -0.05) is 25.7 Å². The molecule has 0 radical (unpaired) electrons. The first kappa shape index (κ1) is 9.44. The van der Waals surface area contributed by atoms with Crippen molar-refractivity contribution in [1.29, 1.82) is 0 Å². The highest BCUT2D eigenvalue weighted by Crippen LogP contribution is 1.99. The van der Waals surface area contributed by atoms with Crippen LogP contribution in [0.2, 0.25) is 0 Å². The molecule has 0 aliphatic rings. The Hall–Kier alpha value is -0.560. The van der Waals surface area contributed by atoms with Gasteiger partial charge in [-0.2, -0.15) is 0 Å². The van der Waals surface area contributed by atoms with E-state index in [4.69, 9.17) is 0 Å². The molecule has 1 N–H and O–H groups in total. The molecule has 0 fully saturated rings. The van der Waals surface area contributed by atoms with Gasteiger partial charge in [-0.15, -0.1) is 0 Å². The predicted octanol–water partition coefficient (Wildman–Crippen LogP) is 2.12. The minimum absolute atomic E-state index is 0.404. The van der Waals surface area contributed by atoms with Gasteiger partial charge in [0.25, 0.3) is 0 Å². The topological polar surface area (TPSA) is 12.0 Å². The summed E-state index contributed by atoms with van der Waals surface area (Å²) in [5.74, 6) is 0. The molecule has 1 nitrogen and oxygen atoms in total. The van der Waals surface area contributed by atoms with Gasteiger partial charge in [0, 0.05) is 6.04 Å². The lowest BCUT2D eigenvalue weighted by Gasteiger charge is -2.11. The highest BCUT2D eigenvalue weighted by atomic mass is 14.9. The second-order valence-electron chi connectivity index (χ2n) is 2.35. The van der Waals surface area contributed by atoms with Gasteiger partial charge in [-0.3, -0.25) is 0 Å². The lowest BCUT2D eigenvalue weighted by molar-refractivity contribution is 0.644. The van der Waals surface area contributed by atoms with Gasteiger partial charge in [0.05, 0.1) is 0 Å². The number of rotatable bonds is 4. The van der Waals surface area contributed by atoms with Crippen LogP contribution in [0, 0.1) is 0 Å². The smallest absolute Gasteiger partial charge is 0.0285 e. The van der Waals surface area contributed by atoms with Crippen LogP contribution in [0.4, 0.5) is 0 Å². The van der Waals surface area contributed by atoms with E-state index in [2.05, 4.69) is 25.7 Å². The molecule has 0 aliphatic heterocycles. The van der Waals surface area contributed by atoms with Crippen molar-refractivity contribution in [2.75, 3.05) is 6.54 Å². The highest BCUT2D eigenvalue weighted by Gasteiger charge is 1.98. The number of likely N-dealkylation sites (N-methyl/N-ethyl adjacent to an activating group) is 1. The summed E-state index contributed by atoms with van der Waals surface area (Å²) in [6.45, 7) is 11.1. The molecule has 0 aromatic heterocycles. The molecule has 1 heteroatoms. The van der Waals surface area contributed by atoms with Crippen molar-refractivity contribution < 1.29 is 0 Å². The molecule has 0 aromatic carbocycles. The van der Waals surface area contributed by atoms with E-state index < -0.39 is 0 Å². The van der Waals surface area contributed by atoms with Gasteiger partial charge in [0.15, 0.2) is 0 Å². The number of allylic oxidation sites excluding steroid dienone is 1. The van der Waals surface area contributed by atoms with Crippen molar-refractivity contribution in [3.63, 3.8) is 0 Å². The van der Waals surface area contributed by atoms with E-state index in [-0.39, 0.29) is 0 Å². The first-order chi connectivity index (χ1) is 4.72. The van der Waals surface area contributed by atoms with Crippen molar-refractivity contribution in [2.24, 2.45) is 0 Å². The Bertz CT molecular complexity index is 125. The Morgan fingerprint density at radius 3 is 2.70 bits per heavy atom. The quantitative estimate of drug-likeness (QED) is 0.588. The maximum absolute atomic E-state index is 3.91. The van der Waals surface area contributed by atoms with Crippen LogP contribution in [-0.4, -0.2) is 12.6 Å². The van der Waals surface area contributed by atoms with E-state index in [9.17, 15) is 0 Å². The van der Waals surface area contributed by atoms with Crippen molar-refractivity contribution in [3.05, 3.63) is 24.3 Å². The van der Waals surface area contributed by atoms with Crippen molar-refractivity contribution in [2.45, 2.75) is 26.8 Å². The highest BCUT2D eigenvalue weighted by molar-refractivity contribution is 5.19. The lowest BCUT2D eigenvalue weighted by Crippen LogP contribution is -2.26.